The molecule has 0 aromatic heterocycles. The molecule has 74 valence electrons. The smallest absolute Gasteiger partial charge is 0.217 e. The van der Waals surface area contributed by atoms with Gasteiger partial charge >= 0.3 is 0 Å². The lowest BCUT2D eigenvalue weighted by Crippen LogP contribution is -2.19. The van der Waals surface area contributed by atoms with Gasteiger partial charge in [-0.2, -0.15) is 0 Å². The van der Waals surface area contributed by atoms with E-state index in [1.54, 1.807) is 0 Å². The first-order valence-corrected chi connectivity index (χ1v) is 4.49. The summed E-state index contributed by atoms with van der Waals surface area (Å²) in [4.78, 5) is 21.1. The maximum atomic E-state index is 10.7. The minimum atomic E-state index is -0.0640. The minimum absolute atomic E-state index is 0.0640. The van der Waals surface area contributed by atoms with Gasteiger partial charge in [-0.05, 0) is 11.1 Å². The van der Waals surface area contributed by atoms with Crippen LogP contribution in [-0.2, 0) is 22.6 Å². The van der Waals surface area contributed by atoms with Crippen LogP contribution in [0.3, 0.4) is 0 Å². The first-order valence-electron chi connectivity index (χ1n) is 4.49. The monoisotopic (exact) mass is 191 g/mol. The molecule has 1 N–H and O–H groups in total. The van der Waals surface area contributed by atoms with Gasteiger partial charge in [0.2, 0.25) is 5.91 Å². The van der Waals surface area contributed by atoms with Gasteiger partial charge in [0, 0.05) is 19.9 Å². The quantitative estimate of drug-likeness (QED) is 0.723. The normalized spacial score (nSPS) is 9.50. The molecule has 0 saturated carbocycles. The Kier molecular flexibility index (Phi) is 3.85. The van der Waals surface area contributed by atoms with Crippen molar-refractivity contribution in [2.45, 2.75) is 19.9 Å². The van der Waals surface area contributed by atoms with Gasteiger partial charge in [0.05, 0.1) is 0 Å². The molecule has 3 heteroatoms. The number of rotatable bonds is 4. The number of nitrogens with one attached hydrogen (secondary N) is 1. The summed E-state index contributed by atoms with van der Waals surface area (Å²) in [5.41, 5.74) is 1.96. The van der Waals surface area contributed by atoms with Crippen molar-refractivity contribution in [2.24, 2.45) is 0 Å². The van der Waals surface area contributed by atoms with Gasteiger partial charge in [0.25, 0.3) is 0 Å². The fraction of sp³-hybridized carbons (Fsp3) is 0.273. The molecule has 1 aromatic rings. The van der Waals surface area contributed by atoms with E-state index < -0.39 is 0 Å². The summed E-state index contributed by atoms with van der Waals surface area (Å²) < 4.78 is 0. The Bertz CT molecular complexity index is 334. The first-order chi connectivity index (χ1) is 6.74. The molecule has 14 heavy (non-hydrogen) atoms. The van der Waals surface area contributed by atoms with Crippen LogP contribution in [0, 0.1) is 0 Å². The second kappa shape index (κ2) is 5.17. The highest BCUT2D eigenvalue weighted by molar-refractivity contribution is 5.72. The van der Waals surface area contributed by atoms with Gasteiger partial charge in [-0.15, -0.1) is 0 Å². The minimum Gasteiger partial charge on any atom is -0.352 e. The molecule has 1 amide bonds. The Hall–Kier alpha value is -1.64. The standard InChI is InChI=1S/C11H13NO2/c1-9(14)12-8-11-5-3-2-4-10(11)6-7-13/h2-5,7H,6,8H2,1H3,(H,12,14). The molecular formula is C11H13NO2. The van der Waals surface area contributed by atoms with Crippen LogP contribution in [0.2, 0.25) is 0 Å². The molecule has 1 aromatic carbocycles. The Morgan fingerprint density at radius 1 is 1.36 bits per heavy atom. The number of carbonyl (C=O) groups is 2. The predicted octanol–water partition coefficient (Wildman–Crippen LogP) is 1.06. The predicted molar refractivity (Wildman–Crippen MR) is 53.7 cm³/mol. The zero-order valence-electron chi connectivity index (χ0n) is 8.12. The average Bonchev–Trinajstić information content (AvgIpc) is 2.17. The van der Waals surface area contributed by atoms with Crippen molar-refractivity contribution in [3.8, 4) is 0 Å². The lowest BCUT2D eigenvalue weighted by atomic mass is 10.1. The van der Waals surface area contributed by atoms with Gasteiger partial charge in [-0.25, -0.2) is 0 Å². The Morgan fingerprint density at radius 2 is 2.00 bits per heavy atom. The van der Waals surface area contributed by atoms with Crippen molar-refractivity contribution in [1.82, 2.24) is 5.32 Å². The van der Waals surface area contributed by atoms with Gasteiger partial charge in [-0.3, -0.25) is 4.79 Å². The van der Waals surface area contributed by atoms with Crippen molar-refractivity contribution >= 4 is 12.2 Å². The van der Waals surface area contributed by atoms with Crippen molar-refractivity contribution in [3.05, 3.63) is 35.4 Å². The number of hydrogen-bond donors (Lipinski definition) is 1. The van der Waals surface area contributed by atoms with Gasteiger partial charge in [-0.1, -0.05) is 24.3 Å². The molecule has 0 saturated heterocycles. The highest BCUT2D eigenvalue weighted by Crippen LogP contribution is 2.08. The molecule has 1 rings (SSSR count). The molecule has 0 aliphatic carbocycles. The van der Waals surface area contributed by atoms with Crippen molar-refractivity contribution < 1.29 is 9.59 Å². The van der Waals surface area contributed by atoms with Crippen LogP contribution in [0.4, 0.5) is 0 Å². The zero-order valence-corrected chi connectivity index (χ0v) is 8.12. The molecule has 0 atom stereocenters. The second-order valence-corrected chi connectivity index (χ2v) is 3.05. The van der Waals surface area contributed by atoms with Crippen LogP contribution in [0.25, 0.3) is 0 Å². The van der Waals surface area contributed by atoms with Crippen LogP contribution < -0.4 is 5.32 Å². The van der Waals surface area contributed by atoms with E-state index in [9.17, 15) is 9.59 Å². The molecule has 0 unspecified atom stereocenters. The van der Waals surface area contributed by atoms with Gasteiger partial charge in [0.15, 0.2) is 0 Å². The maximum absolute atomic E-state index is 10.7. The van der Waals surface area contributed by atoms with Crippen molar-refractivity contribution in [1.29, 1.82) is 0 Å². The third-order valence-corrected chi connectivity index (χ3v) is 1.95. The van der Waals surface area contributed by atoms with Gasteiger partial charge in [0.1, 0.15) is 6.29 Å². The Morgan fingerprint density at radius 3 is 2.57 bits per heavy atom. The third kappa shape index (κ3) is 3.01. The fourth-order valence-corrected chi connectivity index (χ4v) is 1.24. The summed E-state index contributed by atoms with van der Waals surface area (Å²) >= 11 is 0. The van der Waals surface area contributed by atoms with E-state index in [0.717, 1.165) is 17.4 Å². The van der Waals surface area contributed by atoms with Crippen LogP contribution in [0.15, 0.2) is 24.3 Å². The number of benzene rings is 1. The van der Waals surface area contributed by atoms with E-state index in [0.29, 0.717) is 13.0 Å². The lowest BCUT2D eigenvalue weighted by Gasteiger charge is -2.06. The SMILES string of the molecule is CC(=O)NCc1ccccc1CC=O. The van der Waals surface area contributed by atoms with E-state index in [2.05, 4.69) is 5.32 Å². The summed E-state index contributed by atoms with van der Waals surface area (Å²) in [5, 5.41) is 2.71. The van der Waals surface area contributed by atoms with Gasteiger partial charge < -0.3 is 10.1 Å². The number of hydrogen-bond acceptors (Lipinski definition) is 2. The molecule has 0 aliphatic rings. The molecule has 0 heterocycles. The highest BCUT2D eigenvalue weighted by Gasteiger charge is 2.00. The Balaban J connectivity index is 2.73. The second-order valence-electron chi connectivity index (χ2n) is 3.05. The highest BCUT2D eigenvalue weighted by atomic mass is 16.1. The van der Waals surface area contributed by atoms with E-state index in [1.807, 2.05) is 24.3 Å². The molecule has 0 spiro atoms. The average molecular weight is 191 g/mol. The summed E-state index contributed by atoms with van der Waals surface area (Å²) in [7, 11) is 0. The topological polar surface area (TPSA) is 46.2 Å². The fourth-order valence-electron chi connectivity index (χ4n) is 1.24. The summed E-state index contributed by atoms with van der Waals surface area (Å²) in [6.45, 7) is 1.96. The van der Waals surface area contributed by atoms with Crippen molar-refractivity contribution in [2.75, 3.05) is 0 Å². The molecule has 3 nitrogen and oxygen atoms in total. The third-order valence-electron chi connectivity index (χ3n) is 1.95. The molecule has 0 bridgehead atoms. The molecule has 0 fully saturated rings. The van der Waals surface area contributed by atoms with Crippen molar-refractivity contribution in [3.63, 3.8) is 0 Å². The summed E-state index contributed by atoms with van der Waals surface area (Å²) in [5.74, 6) is -0.0640. The van der Waals surface area contributed by atoms with E-state index in [-0.39, 0.29) is 5.91 Å². The largest absolute Gasteiger partial charge is 0.352 e. The van der Waals surface area contributed by atoms with Crippen LogP contribution in [0.5, 0.6) is 0 Å². The van der Waals surface area contributed by atoms with E-state index >= 15 is 0 Å². The summed E-state index contributed by atoms with van der Waals surface area (Å²) in [6.07, 6.45) is 1.27. The molecule has 0 radical (unpaired) electrons. The zero-order chi connectivity index (χ0) is 10.4. The van der Waals surface area contributed by atoms with E-state index in [4.69, 9.17) is 0 Å². The Labute approximate surface area is 83.1 Å². The summed E-state index contributed by atoms with van der Waals surface area (Å²) in [6, 6.07) is 7.59. The van der Waals surface area contributed by atoms with E-state index in [1.165, 1.54) is 6.92 Å². The number of carbonyl (C=O) groups excluding carboxylic acids is 2. The lowest BCUT2D eigenvalue weighted by molar-refractivity contribution is -0.119. The first kappa shape index (κ1) is 10.4. The molecular weight excluding hydrogens is 178 g/mol. The van der Waals surface area contributed by atoms with Crippen LogP contribution >= 0.6 is 0 Å². The van der Waals surface area contributed by atoms with Crippen LogP contribution in [-0.4, -0.2) is 12.2 Å². The van der Waals surface area contributed by atoms with Crippen LogP contribution in [0.1, 0.15) is 18.1 Å². The number of amides is 1. The number of aldehydes is 1. The maximum Gasteiger partial charge on any atom is 0.217 e. The molecule has 0 aliphatic heterocycles.